The highest BCUT2D eigenvalue weighted by atomic mass is 19.4. The van der Waals surface area contributed by atoms with E-state index in [2.05, 4.69) is 4.74 Å². The number of carbonyl (C=O) groups is 1. The molecule has 0 spiro atoms. The Morgan fingerprint density at radius 3 is 2.61 bits per heavy atom. The topological polar surface area (TPSA) is 32.8 Å². The molecule has 3 rings (SSSR count). The molecule has 2 heterocycles. The molecular formula is C15H14F4N2O2. The maximum absolute atomic E-state index is 14.2. The molecule has 0 atom stereocenters. The van der Waals surface area contributed by atoms with E-state index in [9.17, 15) is 22.4 Å². The Hall–Kier alpha value is -2.25. The minimum atomic E-state index is -4.57. The molecule has 8 heteroatoms. The van der Waals surface area contributed by atoms with Crippen LogP contribution < -0.4 is 4.90 Å². The van der Waals surface area contributed by atoms with Crippen LogP contribution in [0.15, 0.2) is 30.2 Å². The fourth-order valence-electron chi connectivity index (χ4n) is 2.58. The maximum atomic E-state index is 14.2. The molecule has 1 aromatic rings. The predicted octanol–water partition coefficient (Wildman–Crippen LogP) is 3.15. The molecule has 1 saturated heterocycles. The molecule has 0 aliphatic carbocycles. The van der Waals surface area contributed by atoms with Crippen molar-refractivity contribution in [2.45, 2.75) is 25.6 Å². The van der Waals surface area contributed by atoms with Crippen LogP contribution in [0, 0.1) is 5.82 Å². The van der Waals surface area contributed by atoms with E-state index < -0.39 is 17.8 Å². The molecular weight excluding hydrogens is 316 g/mol. The van der Waals surface area contributed by atoms with Crippen molar-refractivity contribution in [1.82, 2.24) is 4.90 Å². The number of halogens is 4. The van der Waals surface area contributed by atoms with E-state index in [0.29, 0.717) is 18.5 Å². The van der Waals surface area contributed by atoms with Gasteiger partial charge in [0.2, 0.25) is 11.7 Å². The van der Waals surface area contributed by atoms with Gasteiger partial charge in [-0.05, 0) is 18.6 Å². The van der Waals surface area contributed by atoms with Gasteiger partial charge in [0, 0.05) is 30.8 Å². The van der Waals surface area contributed by atoms with Crippen molar-refractivity contribution in [3.63, 3.8) is 0 Å². The number of anilines is 1. The molecule has 2 aliphatic heterocycles. The van der Waals surface area contributed by atoms with Crippen LogP contribution in [0.5, 0.6) is 0 Å². The Balaban J connectivity index is 1.75. The van der Waals surface area contributed by atoms with Gasteiger partial charge in [-0.15, -0.1) is 0 Å². The Labute approximate surface area is 129 Å². The van der Waals surface area contributed by atoms with Crippen molar-refractivity contribution in [3.05, 3.63) is 41.5 Å². The van der Waals surface area contributed by atoms with Gasteiger partial charge in [0.15, 0.2) is 6.73 Å². The van der Waals surface area contributed by atoms with E-state index in [0.717, 1.165) is 18.7 Å². The summed E-state index contributed by atoms with van der Waals surface area (Å²) in [6, 6.07) is 4.14. The zero-order chi connectivity index (χ0) is 16.6. The fourth-order valence-corrected chi connectivity index (χ4v) is 2.58. The van der Waals surface area contributed by atoms with Crippen LogP contribution in [0.2, 0.25) is 0 Å². The molecule has 0 N–H and O–H groups in total. The number of carbonyl (C=O) groups excluding carboxylic acids is 1. The van der Waals surface area contributed by atoms with E-state index in [1.165, 1.54) is 17.0 Å². The molecule has 23 heavy (non-hydrogen) atoms. The number of rotatable bonds is 3. The van der Waals surface area contributed by atoms with Crippen LogP contribution in [0.25, 0.3) is 0 Å². The Morgan fingerprint density at radius 2 is 2.04 bits per heavy atom. The first-order valence-electron chi connectivity index (χ1n) is 7.09. The summed E-state index contributed by atoms with van der Waals surface area (Å²) in [4.78, 5) is 14.3. The van der Waals surface area contributed by atoms with Gasteiger partial charge in [0.05, 0.1) is 6.20 Å². The molecule has 0 bridgehead atoms. The molecule has 1 fully saturated rings. The Bertz CT molecular complexity index is 657. The van der Waals surface area contributed by atoms with Crippen LogP contribution in [-0.4, -0.2) is 30.3 Å². The number of benzene rings is 1. The monoisotopic (exact) mass is 330 g/mol. The van der Waals surface area contributed by atoms with Gasteiger partial charge in [-0.3, -0.25) is 4.79 Å². The van der Waals surface area contributed by atoms with Crippen molar-refractivity contribution >= 4 is 11.6 Å². The van der Waals surface area contributed by atoms with E-state index in [4.69, 9.17) is 0 Å². The lowest BCUT2D eigenvalue weighted by molar-refractivity contribution is -0.128. The number of nitrogens with zero attached hydrogens (tertiary/aromatic N) is 2. The first kappa shape index (κ1) is 15.6. The van der Waals surface area contributed by atoms with E-state index in [1.807, 2.05) is 0 Å². The first-order valence-corrected chi connectivity index (χ1v) is 7.09. The standard InChI is InChI=1S/C15H14F4N2O2/c16-12-6-11(21-8-13(23-9-21)15(17,18)19)4-3-10(12)7-20-5-1-2-14(20)22/h3-4,6,8H,1-2,5,7,9H2. The lowest BCUT2D eigenvalue weighted by Crippen LogP contribution is -2.24. The largest absolute Gasteiger partial charge is 0.466 e. The third-order valence-corrected chi connectivity index (χ3v) is 3.81. The van der Waals surface area contributed by atoms with Gasteiger partial charge >= 0.3 is 6.18 Å². The van der Waals surface area contributed by atoms with Crippen molar-refractivity contribution in [3.8, 4) is 0 Å². The average molecular weight is 330 g/mol. The summed E-state index contributed by atoms with van der Waals surface area (Å²) in [6.45, 7) is 0.445. The van der Waals surface area contributed by atoms with Gasteiger partial charge in [0.1, 0.15) is 5.82 Å². The highest BCUT2D eigenvalue weighted by Gasteiger charge is 2.39. The molecule has 0 aromatic heterocycles. The van der Waals surface area contributed by atoms with Crippen LogP contribution in [0.3, 0.4) is 0 Å². The second-order valence-corrected chi connectivity index (χ2v) is 5.43. The Kier molecular flexibility index (Phi) is 3.91. The number of alkyl halides is 3. The fraction of sp³-hybridized carbons (Fsp3) is 0.400. The van der Waals surface area contributed by atoms with Crippen LogP contribution in [-0.2, 0) is 16.1 Å². The number of ether oxygens (including phenoxy) is 1. The second-order valence-electron chi connectivity index (χ2n) is 5.43. The summed E-state index contributed by atoms with van der Waals surface area (Å²) in [7, 11) is 0. The van der Waals surface area contributed by atoms with E-state index >= 15 is 0 Å². The minimum absolute atomic E-state index is 0.0147. The van der Waals surface area contributed by atoms with Crippen LogP contribution >= 0.6 is 0 Å². The SMILES string of the molecule is O=C1CCCN1Cc1ccc(N2C=C(C(F)(F)F)OC2)cc1F. The predicted molar refractivity (Wildman–Crippen MR) is 73.6 cm³/mol. The molecule has 0 saturated carbocycles. The average Bonchev–Trinajstić information content (AvgIpc) is 3.10. The summed E-state index contributed by atoms with van der Waals surface area (Å²) in [5.41, 5.74) is 0.599. The third-order valence-electron chi connectivity index (χ3n) is 3.81. The van der Waals surface area contributed by atoms with Gasteiger partial charge in [0.25, 0.3) is 0 Å². The smallest absolute Gasteiger partial charge is 0.450 e. The lowest BCUT2D eigenvalue weighted by Gasteiger charge is -2.18. The van der Waals surface area contributed by atoms with Gasteiger partial charge in [-0.1, -0.05) is 6.07 Å². The van der Waals surface area contributed by atoms with Crippen molar-refractivity contribution in [1.29, 1.82) is 0 Å². The zero-order valence-corrected chi connectivity index (χ0v) is 12.1. The summed E-state index contributed by atoms with van der Waals surface area (Å²) in [5, 5.41) is 0. The molecule has 2 aliphatic rings. The quantitative estimate of drug-likeness (QED) is 0.798. The maximum Gasteiger partial charge on any atom is 0.450 e. The summed E-state index contributed by atoms with van der Waals surface area (Å²) < 4.78 is 56.3. The zero-order valence-electron chi connectivity index (χ0n) is 12.1. The van der Waals surface area contributed by atoms with Crippen molar-refractivity contribution in [2.24, 2.45) is 0 Å². The van der Waals surface area contributed by atoms with Gasteiger partial charge < -0.3 is 14.5 Å². The summed E-state index contributed by atoms with van der Waals surface area (Å²) >= 11 is 0. The summed E-state index contributed by atoms with van der Waals surface area (Å²) in [6.07, 6.45) is -2.54. The molecule has 0 radical (unpaired) electrons. The summed E-state index contributed by atoms with van der Waals surface area (Å²) in [5.74, 6) is -1.68. The van der Waals surface area contributed by atoms with Crippen LogP contribution in [0.1, 0.15) is 18.4 Å². The van der Waals surface area contributed by atoms with Gasteiger partial charge in [-0.25, -0.2) is 4.39 Å². The Morgan fingerprint density at radius 1 is 1.26 bits per heavy atom. The number of amides is 1. The number of hydrogen-bond acceptors (Lipinski definition) is 3. The normalized spacial score (nSPS) is 18.4. The number of allylic oxidation sites excluding steroid dienone is 1. The molecule has 0 unspecified atom stereocenters. The molecule has 1 amide bonds. The van der Waals surface area contributed by atoms with Crippen molar-refractivity contribution in [2.75, 3.05) is 18.2 Å². The highest BCUT2D eigenvalue weighted by molar-refractivity contribution is 5.78. The molecule has 124 valence electrons. The third kappa shape index (κ3) is 3.25. The van der Waals surface area contributed by atoms with E-state index in [-0.39, 0.29) is 24.9 Å². The molecule has 4 nitrogen and oxygen atoms in total. The second kappa shape index (κ2) is 5.75. The van der Waals surface area contributed by atoms with Crippen molar-refractivity contribution < 1.29 is 27.1 Å². The number of likely N-dealkylation sites (tertiary alicyclic amines) is 1. The van der Waals surface area contributed by atoms with Crippen LogP contribution in [0.4, 0.5) is 23.2 Å². The van der Waals surface area contributed by atoms with E-state index in [1.54, 1.807) is 4.90 Å². The molecule has 1 aromatic carbocycles. The number of hydrogen-bond donors (Lipinski definition) is 0. The highest BCUT2D eigenvalue weighted by Crippen LogP contribution is 2.32. The van der Waals surface area contributed by atoms with Gasteiger partial charge in [-0.2, -0.15) is 13.2 Å². The first-order chi connectivity index (χ1) is 10.8. The minimum Gasteiger partial charge on any atom is -0.466 e. The lowest BCUT2D eigenvalue weighted by atomic mass is 10.1.